The van der Waals surface area contributed by atoms with E-state index in [1.807, 2.05) is 6.07 Å². The molecule has 86 valence electrons. The van der Waals surface area contributed by atoms with Crippen molar-refractivity contribution in [1.82, 2.24) is 0 Å². The van der Waals surface area contributed by atoms with Crippen molar-refractivity contribution < 1.29 is 5.11 Å². The second-order valence-corrected chi connectivity index (χ2v) is 4.73. The van der Waals surface area contributed by atoms with Gasteiger partial charge in [-0.2, -0.15) is 0 Å². The van der Waals surface area contributed by atoms with E-state index in [2.05, 4.69) is 36.4 Å². The summed E-state index contributed by atoms with van der Waals surface area (Å²) in [6.07, 6.45) is 0.389. The maximum Gasteiger partial charge on any atom is 0.0925 e. The third kappa shape index (κ3) is 1.76. The Hall–Kier alpha value is -1.31. The molecule has 1 aliphatic rings. The fourth-order valence-corrected chi connectivity index (χ4v) is 2.64. The normalized spacial score (nSPS) is 14.2. The predicted molar refractivity (Wildman–Crippen MR) is 70.4 cm³/mol. The summed E-state index contributed by atoms with van der Waals surface area (Å²) in [4.78, 5) is 0. The van der Waals surface area contributed by atoms with E-state index < -0.39 is 6.10 Å². The Bertz CT molecular complexity index is 563. The van der Waals surface area contributed by atoms with Crippen LogP contribution in [0.25, 0.3) is 11.1 Å². The topological polar surface area (TPSA) is 20.2 Å². The molecule has 0 heterocycles. The molecule has 2 aromatic rings. The van der Waals surface area contributed by atoms with Gasteiger partial charge in [0.25, 0.3) is 0 Å². The largest absolute Gasteiger partial charge is 0.387 e. The molecule has 0 saturated heterocycles. The number of fused-ring (bicyclic) bond motifs is 3. The Morgan fingerprint density at radius 2 is 1.82 bits per heavy atom. The van der Waals surface area contributed by atoms with E-state index in [1.54, 1.807) is 0 Å². The number of halogens is 1. The number of hydrogen-bond donors (Lipinski definition) is 1. The number of alkyl halides is 1. The van der Waals surface area contributed by atoms with Crippen molar-refractivity contribution in [2.24, 2.45) is 0 Å². The summed E-state index contributed by atoms with van der Waals surface area (Å²) in [7, 11) is 0. The third-order valence-corrected chi connectivity index (χ3v) is 3.64. The standard InChI is InChI=1S/C15H13ClO/c16-9-15(17)11-5-6-14-12(8-11)7-10-3-1-2-4-13(10)14/h1-6,8,15,17H,7,9H2/t15-/m1/s1. The molecule has 1 N–H and O–H groups in total. The van der Waals surface area contributed by atoms with Gasteiger partial charge < -0.3 is 5.11 Å². The van der Waals surface area contributed by atoms with E-state index in [1.165, 1.54) is 22.3 Å². The van der Waals surface area contributed by atoms with E-state index in [0.29, 0.717) is 0 Å². The summed E-state index contributed by atoms with van der Waals surface area (Å²) in [5.74, 6) is 0.242. The number of benzene rings is 2. The van der Waals surface area contributed by atoms with Crippen LogP contribution in [0.2, 0.25) is 0 Å². The first kappa shape index (κ1) is 10.8. The molecule has 0 amide bonds. The molecular weight excluding hydrogens is 232 g/mol. The molecule has 0 fully saturated rings. The SMILES string of the molecule is O[C@H](CCl)c1ccc2c(c1)Cc1ccccc1-2. The van der Waals surface area contributed by atoms with Crippen LogP contribution in [0.15, 0.2) is 42.5 Å². The Morgan fingerprint density at radius 1 is 1.06 bits per heavy atom. The molecule has 17 heavy (non-hydrogen) atoms. The van der Waals surface area contributed by atoms with E-state index in [-0.39, 0.29) is 5.88 Å². The van der Waals surface area contributed by atoms with Crippen molar-refractivity contribution >= 4 is 11.6 Å². The molecule has 1 atom stereocenters. The van der Waals surface area contributed by atoms with Gasteiger partial charge in [0.1, 0.15) is 0 Å². The summed E-state index contributed by atoms with van der Waals surface area (Å²) in [6.45, 7) is 0. The first-order valence-electron chi connectivity index (χ1n) is 5.74. The molecule has 0 aromatic heterocycles. The maximum atomic E-state index is 9.75. The highest BCUT2D eigenvalue weighted by Gasteiger charge is 2.19. The predicted octanol–water partition coefficient (Wildman–Crippen LogP) is 3.53. The van der Waals surface area contributed by atoms with E-state index >= 15 is 0 Å². The van der Waals surface area contributed by atoms with Crippen LogP contribution in [-0.4, -0.2) is 11.0 Å². The van der Waals surface area contributed by atoms with Gasteiger partial charge in [0.15, 0.2) is 0 Å². The lowest BCUT2D eigenvalue weighted by molar-refractivity contribution is 0.202. The fraction of sp³-hybridized carbons (Fsp3) is 0.200. The van der Waals surface area contributed by atoms with Gasteiger partial charge in [-0.15, -0.1) is 11.6 Å². The molecule has 2 heteroatoms. The zero-order chi connectivity index (χ0) is 11.8. The Balaban J connectivity index is 2.07. The lowest BCUT2D eigenvalue weighted by Gasteiger charge is -2.09. The van der Waals surface area contributed by atoms with Crippen LogP contribution in [0, 0.1) is 0 Å². The first-order chi connectivity index (χ1) is 8.29. The lowest BCUT2D eigenvalue weighted by Crippen LogP contribution is -1.99. The minimum atomic E-state index is -0.564. The average molecular weight is 245 g/mol. The number of aliphatic hydroxyl groups excluding tert-OH is 1. The summed E-state index contributed by atoms with van der Waals surface area (Å²) in [6, 6.07) is 14.6. The Morgan fingerprint density at radius 3 is 2.65 bits per heavy atom. The number of hydrogen-bond acceptors (Lipinski definition) is 1. The van der Waals surface area contributed by atoms with E-state index in [4.69, 9.17) is 11.6 Å². The molecule has 0 aliphatic heterocycles. The number of rotatable bonds is 2. The molecule has 0 bridgehead atoms. The zero-order valence-corrected chi connectivity index (χ0v) is 10.1. The molecule has 1 aliphatic carbocycles. The fourth-order valence-electron chi connectivity index (χ4n) is 2.46. The quantitative estimate of drug-likeness (QED) is 0.684. The van der Waals surface area contributed by atoms with Gasteiger partial charge >= 0.3 is 0 Å². The molecular formula is C15H13ClO. The monoisotopic (exact) mass is 244 g/mol. The Kier molecular flexibility index (Phi) is 2.65. The maximum absolute atomic E-state index is 9.75. The summed E-state index contributed by atoms with van der Waals surface area (Å²) in [5, 5.41) is 9.75. The number of aliphatic hydroxyl groups is 1. The smallest absolute Gasteiger partial charge is 0.0925 e. The van der Waals surface area contributed by atoms with Crippen LogP contribution in [0.4, 0.5) is 0 Å². The van der Waals surface area contributed by atoms with Crippen LogP contribution >= 0.6 is 11.6 Å². The summed E-state index contributed by atoms with van der Waals surface area (Å²) >= 11 is 5.68. The molecule has 0 unspecified atom stereocenters. The van der Waals surface area contributed by atoms with Crippen LogP contribution < -0.4 is 0 Å². The van der Waals surface area contributed by atoms with Gasteiger partial charge in [-0.1, -0.05) is 42.5 Å². The van der Waals surface area contributed by atoms with Crippen LogP contribution in [-0.2, 0) is 6.42 Å². The van der Waals surface area contributed by atoms with Crippen molar-refractivity contribution in [2.75, 3.05) is 5.88 Å². The highest BCUT2D eigenvalue weighted by Crippen LogP contribution is 2.37. The van der Waals surface area contributed by atoms with Crippen LogP contribution in [0.5, 0.6) is 0 Å². The Labute approximate surface area is 106 Å². The zero-order valence-electron chi connectivity index (χ0n) is 9.36. The van der Waals surface area contributed by atoms with Gasteiger partial charge in [0.2, 0.25) is 0 Å². The van der Waals surface area contributed by atoms with Crippen molar-refractivity contribution in [1.29, 1.82) is 0 Å². The van der Waals surface area contributed by atoms with Gasteiger partial charge in [-0.05, 0) is 34.2 Å². The second kappa shape index (κ2) is 4.17. The van der Waals surface area contributed by atoms with Crippen molar-refractivity contribution in [3.63, 3.8) is 0 Å². The molecule has 0 spiro atoms. The van der Waals surface area contributed by atoms with Crippen molar-refractivity contribution in [2.45, 2.75) is 12.5 Å². The van der Waals surface area contributed by atoms with Gasteiger partial charge in [0, 0.05) is 0 Å². The molecule has 2 aromatic carbocycles. The molecule has 0 saturated carbocycles. The summed E-state index contributed by atoms with van der Waals surface area (Å²) < 4.78 is 0. The van der Waals surface area contributed by atoms with Crippen molar-refractivity contribution in [3.8, 4) is 11.1 Å². The minimum absolute atomic E-state index is 0.242. The van der Waals surface area contributed by atoms with Crippen LogP contribution in [0.1, 0.15) is 22.8 Å². The van der Waals surface area contributed by atoms with Crippen LogP contribution in [0.3, 0.4) is 0 Å². The average Bonchev–Trinajstić information content (AvgIpc) is 2.75. The molecule has 0 radical (unpaired) electrons. The third-order valence-electron chi connectivity index (χ3n) is 3.35. The minimum Gasteiger partial charge on any atom is -0.387 e. The second-order valence-electron chi connectivity index (χ2n) is 4.42. The lowest BCUT2D eigenvalue weighted by atomic mass is 10.0. The molecule has 1 nitrogen and oxygen atoms in total. The van der Waals surface area contributed by atoms with Gasteiger partial charge in [-0.3, -0.25) is 0 Å². The molecule has 3 rings (SSSR count). The van der Waals surface area contributed by atoms with Crippen molar-refractivity contribution in [3.05, 3.63) is 59.2 Å². The highest BCUT2D eigenvalue weighted by atomic mass is 35.5. The van der Waals surface area contributed by atoms with E-state index in [9.17, 15) is 5.11 Å². The van der Waals surface area contributed by atoms with Gasteiger partial charge in [0.05, 0.1) is 12.0 Å². The highest BCUT2D eigenvalue weighted by molar-refractivity contribution is 6.18. The van der Waals surface area contributed by atoms with E-state index in [0.717, 1.165) is 12.0 Å². The first-order valence-corrected chi connectivity index (χ1v) is 6.28. The van der Waals surface area contributed by atoms with Gasteiger partial charge in [-0.25, -0.2) is 0 Å². The summed E-state index contributed by atoms with van der Waals surface area (Å²) in [5.41, 5.74) is 6.15.